The van der Waals surface area contributed by atoms with Crippen molar-refractivity contribution in [1.82, 2.24) is 4.98 Å². The molecule has 0 N–H and O–H groups in total. The molecule has 0 aliphatic heterocycles. The first-order valence-electron chi connectivity index (χ1n) is 5.24. The Morgan fingerprint density at radius 2 is 2.20 bits per heavy atom. The largest absolute Gasteiger partial charge is 0.292 e. The smallest absolute Gasteiger partial charge is 0.181 e. The van der Waals surface area contributed by atoms with E-state index in [-0.39, 0.29) is 5.78 Å². The highest BCUT2D eigenvalue weighted by molar-refractivity contribution is 6.30. The highest BCUT2D eigenvalue weighted by Gasteiger charge is 2.07. The lowest BCUT2D eigenvalue weighted by atomic mass is 10.0. The lowest BCUT2D eigenvalue weighted by molar-refractivity contribution is 0.0973. The molecule has 0 aliphatic rings. The van der Waals surface area contributed by atoms with Crippen LogP contribution in [-0.4, -0.2) is 10.8 Å². The van der Waals surface area contributed by atoms with E-state index < -0.39 is 0 Å². The number of carbonyl (C=O) groups is 1. The van der Waals surface area contributed by atoms with Gasteiger partial charge in [-0.3, -0.25) is 9.78 Å². The van der Waals surface area contributed by atoms with E-state index in [1.165, 1.54) is 6.20 Å². The van der Waals surface area contributed by atoms with Gasteiger partial charge in [-0.05, 0) is 24.5 Å². The van der Waals surface area contributed by atoms with Crippen molar-refractivity contribution >= 4 is 17.4 Å². The van der Waals surface area contributed by atoms with Gasteiger partial charge in [-0.25, -0.2) is 0 Å². The molecule has 1 aromatic rings. The van der Waals surface area contributed by atoms with Crippen molar-refractivity contribution < 1.29 is 4.79 Å². The first-order valence-corrected chi connectivity index (χ1v) is 5.62. The Morgan fingerprint density at radius 1 is 1.47 bits per heavy atom. The maximum absolute atomic E-state index is 11.6. The molecule has 0 atom stereocenters. The normalized spacial score (nSPS) is 10.7. The maximum Gasteiger partial charge on any atom is 0.181 e. The van der Waals surface area contributed by atoms with Gasteiger partial charge in [0.1, 0.15) is 5.69 Å². The van der Waals surface area contributed by atoms with Gasteiger partial charge in [0.05, 0.1) is 5.02 Å². The van der Waals surface area contributed by atoms with Crippen LogP contribution in [0.25, 0.3) is 0 Å². The molecular weight excluding hydrogens is 210 g/mol. The Labute approximate surface area is 95.7 Å². The third-order valence-corrected chi connectivity index (χ3v) is 2.42. The summed E-state index contributed by atoms with van der Waals surface area (Å²) in [5, 5.41) is 0.564. The first-order chi connectivity index (χ1) is 7.09. The van der Waals surface area contributed by atoms with Crippen LogP contribution in [0.5, 0.6) is 0 Å². The maximum atomic E-state index is 11.6. The van der Waals surface area contributed by atoms with Crippen LogP contribution in [0.1, 0.15) is 43.6 Å². The van der Waals surface area contributed by atoms with Crippen molar-refractivity contribution in [3.8, 4) is 0 Å². The zero-order valence-corrected chi connectivity index (χ0v) is 9.92. The summed E-state index contributed by atoms with van der Waals surface area (Å²) in [6.07, 6.45) is 4.10. The number of hydrogen-bond acceptors (Lipinski definition) is 2. The zero-order valence-electron chi connectivity index (χ0n) is 9.16. The molecule has 0 spiro atoms. The summed E-state index contributed by atoms with van der Waals surface area (Å²) in [6, 6.07) is 3.38. The average Bonchev–Trinajstić information content (AvgIpc) is 2.18. The summed E-state index contributed by atoms with van der Waals surface area (Å²) < 4.78 is 0. The number of ketones is 1. The molecule has 1 rings (SSSR count). The minimum absolute atomic E-state index is 0.104. The van der Waals surface area contributed by atoms with Gasteiger partial charge in [0.25, 0.3) is 0 Å². The number of rotatable bonds is 5. The van der Waals surface area contributed by atoms with Gasteiger partial charge >= 0.3 is 0 Å². The van der Waals surface area contributed by atoms with Gasteiger partial charge < -0.3 is 0 Å². The Balaban J connectivity index is 2.43. The van der Waals surface area contributed by atoms with E-state index in [2.05, 4.69) is 18.8 Å². The lowest BCUT2D eigenvalue weighted by Crippen LogP contribution is -2.02. The summed E-state index contributed by atoms with van der Waals surface area (Å²) in [5.41, 5.74) is 0.517. The standard InChI is InChI=1S/C12H16ClNO/c1-9(2)4-3-5-12(15)11-7-6-10(13)8-14-11/h6-9H,3-5H2,1-2H3. The van der Waals surface area contributed by atoms with Crippen LogP contribution in [0.2, 0.25) is 5.02 Å². The molecule has 0 aliphatic carbocycles. The Kier molecular flexibility index (Phi) is 4.76. The van der Waals surface area contributed by atoms with Crippen LogP contribution >= 0.6 is 11.6 Å². The molecule has 0 unspecified atom stereocenters. The third kappa shape index (κ3) is 4.43. The molecule has 0 amide bonds. The Bertz CT molecular complexity index is 319. The zero-order chi connectivity index (χ0) is 11.3. The molecule has 3 heteroatoms. The van der Waals surface area contributed by atoms with E-state index in [9.17, 15) is 4.79 Å². The SMILES string of the molecule is CC(C)CCCC(=O)c1ccc(Cl)cn1. The number of hydrogen-bond donors (Lipinski definition) is 0. The summed E-state index contributed by atoms with van der Waals surface area (Å²) >= 11 is 5.69. The Morgan fingerprint density at radius 3 is 2.73 bits per heavy atom. The van der Waals surface area contributed by atoms with Crippen molar-refractivity contribution in [1.29, 1.82) is 0 Å². The molecular formula is C12H16ClNO. The molecule has 2 nitrogen and oxygen atoms in total. The van der Waals surface area contributed by atoms with Gasteiger partial charge in [0, 0.05) is 12.6 Å². The number of Topliss-reactive ketones (excluding diaryl/α,β-unsaturated/α-hetero) is 1. The predicted octanol–water partition coefficient (Wildman–Crippen LogP) is 3.74. The summed E-state index contributed by atoms with van der Waals surface area (Å²) in [4.78, 5) is 15.6. The molecule has 0 radical (unpaired) electrons. The van der Waals surface area contributed by atoms with Crippen LogP contribution in [0, 0.1) is 5.92 Å². The van der Waals surface area contributed by atoms with Crippen LogP contribution in [-0.2, 0) is 0 Å². The number of aromatic nitrogens is 1. The van der Waals surface area contributed by atoms with Crippen molar-refractivity contribution in [2.75, 3.05) is 0 Å². The summed E-state index contributed by atoms with van der Waals surface area (Å²) in [5.74, 6) is 0.753. The van der Waals surface area contributed by atoms with E-state index in [4.69, 9.17) is 11.6 Å². The highest BCUT2D eigenvalue weighted by Crippen LogP contribution is 2.11. The van der Waals surface area contributed by atoms with E-state index >= 15 is 0 Å². The average molecular weight is 226 g/mol. The highest BCUT2D eigenvalue weighted by atomic mass is 35.5. The van der Waals surface area contributed by atoms with Crippen LogP contribution in [0.3, 0.4) is 0 Å². The van der Waals surface area contributed by atoms with Crippen molar-refractivity contribution in [3.05, 3.63) is 29.0 Å². The molecule has 0 fully saturated rings. The van der Waals surface area contributed by atoms with E-state index in [1.807, 2.05) is 0 Å². The number of halogens is 1. The van der Waals surface area contributed by atoms with Gasteiger partial charge in [-0.15, -0.1) is 0 Å². The van der Waals surface area contributed by atoms with Gasteiger partial charge in [0.15, 0.2) is 5.78 Å². The number of carbonyl (C=O) groups excluding carboxylic acids is 1. The van der Waals surface area contributed by atoms with E-state index in [0.717, 1.165) is 12.8 Å². The van der Waals surface area contributed by atoms with Crippen LogP contribution in [0.15, 0.2) is 18.3 Å². The molecule has 0 bridgehead atoms. The fourth-order valence-electron chi connectivity index (χ4n) is 1.34. The predicted molar refractivity (Wildman–Crippen MR) is 62.3 cm³/mol. The van der Waals surface area contributed by atoms with Gasteiger partial charge in [0.2, 0.25) is 0 Å². The quantitative estimate of drug-likeness (QED) is 0.715. The molecule has 0 aromatic carbocycles. The minimum Gasteiger partial charge on any atom is -0.292 e. The summed E-state index contributed by atoms with van der Waals surface area (Å²) in [7, 11) is 0. The van der Waals surface area contributed by atoms with E-state index in [1.54, 1.807) is 12.1 Å². The molecule has 0 saturated carbocycles. The van der Waals surface area contributed by atoms with Crippen molar-refractivity contribution in [2.45, 2.75) is 33.1 Å². The number of pyridine rings is 1. The van der Waals surface area contributed by atoms with E-state index in [0.29, 0.717) is 23.1 Å². The second kappa shape index (κ2) is 5.86. The first kappa shape index (κ1) is 12.2. The second-order valence-electron chi connectivity index (χ2n) is 4.07. The molecule has 15 heavy (non-hydrogen) atoms. The van der Waals surface area contributed by atoms with Crippen LogP contribution in [0.4, 0.5) is 0 Å². The topological polar surface area (TPSA) is 30.0 Å². The van der Waals surface area contributed by atoms with Gasteiger partial charge in [-0.2, -0.15) is 0 Å². The fourth-order valence-corrected chi connectivity index (χ4v) is 1.45. The lowest BCUT2D eigenvalue weighted by Gasteiger charge is -2.03. The van der Waals surface area contributed by atoms with Crippen LogP contribution < -0.4 is 0 Å². The fraction of sp³-hybridized carbons (Fsp3) is 0.500. The van der Waals surface area contributed by atoms with Crippen molar-refractivity contribution in [2.24, 2.45) is 5.92 Å². The number of nitrogens with zero attached hydrogens (tertiary/aromatic N) is 1. The minimum atomic E-state index is 0.104. The molecule has 1 heterocycles. The molecule has 1 aromatic heterocycles. The molecule has 0 saturated heterocycles. The third-order valence-electron chi connectivity index (χ3n) is 2.20. The second-order valence-corrected chi connectivity index (χ2v) is 4.51. The Hall–Kier alpha value is -0.890. The molecule has 82 valence electrons. The van der Waals surface area contributed by atoms with Crippen molar-refractivity contribution in [3.63, 3.8) is 0 Å². The summed E-state index contributed by atoms with van der Waals surface area (Å²) in [6.45, 7) is 4.32. The van der Waals surface area contributed by atoms with Gasteiger partial charge in [-0.1, -0.05) is 31.9 Å². The monoisotopic (exact) mass is 225 g/mol.